The SMILES string of the molecule is CC(C)N1CCOC(Cn2c(C3CC3)nc(Cl)cc2=O)C1. The number of halogens is 1. The topological polar surface area (TPSA) is 47.4 Å². The van der Waals surface area contributed by atoms with Crippen LogP contribution < -0.4 is 5.56 Å². The maximum atomic E-state index is 12.3. The molecular formula is C15H22ClN3O2. The predicted molar refractivity (Wildman–Crippen MR) is 81.9 cm³/mol. The summed E-state index contributed by atoms with van der Waals surface area (Å²) in [5, 5.41) is 0.298. The van der Waals surface area contributed by atoms with Crippen molar-refractivity contribution >= 4 is 11.6 Å². The Morgan fingerprint density at radius 1 is 1.48 bits per heavy atom. The molecule has 0 bridgehead atoms. The molecule has 0 N–H and O–H groups in total. The molecule has 1 aromatic heterocycles. The Kier molecular flexibility index (Phi) is 4.33. The lowest BCUT2D eigenvalue weighted by atomic mass is 10.2. The molecule has 6 heteroatoms. The van der Waals surface area contributed by atoms with E-state index in [0.717, 1.165) is 38.4 Å². The summed E-state index contributed by atoms with van der Waals surface area (Å²) in [7, 11) is 0. The minimum atomic E-state index is -0.0674. The molecule has 1 aliphatic heterocycles. The number of nitrogens with zero attached hydrogens (tertiary/aromatic N) is 3. The molecule has 0 spiro atoms. The van der Waals surface area contributed by atoms with Crippen molar-refractivity contribution in [3.8, 4) is 0 Å². The highest BCUT2D eigenvalue weighted by atomic mass is 35.5. The lowest BCUT2D eigenvalue weighted by Gasteiger charge is -2.35. The Morgan fingerprint density at radius 3 is 2.90 bits per heavy atom. The van der Waals surface area contributed by atoms with Crippen LogP contribution in [-0.2, 0) is 11.3 Å². The molecule has 116 valence electrons. The zero-order valence-electron chi connectivity index (χ0n) is 12.6. The number of morpholine rings is 1. The van der Waals surface area contributed by atoms with E-state index < -0.39 is 0 Å². The Morgan fingerprint density at radius 2 is 2.24 bits per heavy atom. The van der Waals surface area contributed by atoms with E-state index in [1.807, 2.05) is 0 Å². The molecule has 0 amide bonds. The first-order chi connectivity index (χ1) is 10.0. The predicted octanol–water partition coefficient (Wildman–Crippen LogP) is 1.88. The third-order valence-corrected chi connectivity index (χ3v) is 4.43. The molecule has 1 atom stereocenters. The maximum Gasteiger partial charge on any atom is 0.255 e. The Balaban J connectivity index is 1.79. The van der Waals surface area contributed by atoms with E-state index in [2.05, 4.69) is 23.7 Å². The number of ether oxygens (including phenoxy) is 1. The van der Waals surface area contributed by atoms with Gasteiger partial charge in [-0.3, -0.25) is 14.3 Å². The first-order valence-electron chi connectivity index (χ1n) is 7.67. The van der Waals surface area contributed by atoms with Crippen molar-refractivity contribution in [1.82, 2.24) is 14.5 Å². The van der Waals surface area contributed by atoms with Crippen molar-refractivity contribution in [2.75, 3.05) is 19.7 Å². The monoisotopic (exact) mass is 311 g/mol. The van der Waals surface area contributed by atoms with Gasteiger partial charge in [0, 0.05) is 31.1 Å². The van der Waals surface area contributed by atoms with Crippen molar-refractivity contribution in [2.45, 2.75) is 51.3 Å². The highest BCUT2D eigenvalue weighted by Gasteiger charge is 2.31. The van der Waals surface area contributed by atoms with E-state index in [0.29, 0.717) is 23.7 Å². The van der Waals surface area contributed by atoms with Crippen LogP contribution in [0.25, 0.3) is 0 Å². The summed E-state index contributed by atoms with van der Waals surface area (Å²) in [5.41, 5.74) is -0.0674. The molecule has 1 unspecified atom stereocenters. The van der Waals surface area contributed by atoms with E-state index in [-0.39, 0.29) is 11.7 Å². The van der Waals surface area contributed by atoms with E-state index in [1.165, 1.54) is 6.07 Å². The van der Waals surface area contributed by atoms with Gasteiger partial charge >= 0.3 is 0 Å². The lowest BCUT2D eigenvalue weighted by Crippen LogP contribution is -2.48. The fraction of sp³-hybridized carbons (Fsp3) is 0.733. The quantitative estimate of drug-likeness (QED) is 0.797. The standard InChI is InChI=1S/C15H22ClN3O2/c1-10(2)18-5-6-21-12(8-18)9-19-14(20)7-13(16)17-15(19)11-3-4-11/h7,10-12H,3-6,8-9H2,1-2H3. The summed E-state index contributed by atoms with van der Waals surface area (Å²) in [6.07, 6.45) is 2.23. The van der Waals surface area contributed by atoms with Gasteiger partial charge < -0.3 is 4.74 Å². The second-order valence-corrected chi connectivity index (χ2v) is 6.63. The summed E-state index contributed by atoms with van der Waals surface area (Å²) in [6.45, 7) is 7.48. The molecule has 2 heterocycles. The third kappa shape index (κ3) is 3.47. The van der Waals surface area contributed by atoms with Gasteiger partial charge in [0.25, 0.3) is 5.56 Å². The van der Waals surface area contributed by atoms with Gasteiger partial charge in [-0.2, -0.15) is 0 Å². The fourth-order valence-electron chi connectivity index (χ4n) is 2.86. The molecule has 1 aliphatic carbocycles. The highest BCUT2D eigenvalue weighted by Crippen LogP contribution is 2.38. The second kappa shape index (κ2) is 6.07. The minimum absolute atomic E-state index is 0.0410. The summed E-state index contributed by atoms with van der Waals surface area (Å²) in [5.74, 6) is 1.22. The maximum absolute atomic E-state index is 12.3. The summed E-state index contributed by atoms with van der Waals surface area (Å²) >= 11 is 5.94. The van der Waals surface area contributed by atoms with Crippen LogP contribution in [0.3, 0.4) is 0 Å². The number of hydrogen-bond acceptors (Lipinski definition) is 4. The van der Waals surface area contributed by atoms with Crippen molar-refractivity contribution in [3.05, 3.63) is 27.4 Å². The molecule has 2 fully saturated rings. The van der Waals surface area contributed by atoms with E-state index in [4.69, 9.17) is 16.3 Å². The van der Waals surface area contributed by atoms with Crippen molar-refractivity contribution in [2.24, 2.45) is 0 Å². The second-order valence-electron chi connectivity index (χ2n) is 6.24. The van der Waals surface area contributed by atoms with Gasteiger partial charge in [0.15, 0.2) is 0 Å². The van der Waals surface area contributed by atoms with Gasteiger partial charge in [-0.05, 0) is 26.7 Å². The molecular weight excluding hydrogens is 290 g/mol. The molecule has 5 nitrogen and oxygen atoms in total. The van der Waals surface area contributed by atoms with Crippen LogP contribution in [0.2, 0.25) is 5.15 Å². The zero-order valence-corrected chi connectivity index (χ0v) is 13.3. The highest BCUT2D eigenvalue weighted by molar-refractivity contribution is 6.29. The van der Waals surface area contributed by atoms with E-state index in [1.54, 1.807) is 4.57 Å². The average molecular weight is 312 g/mol. The molecule has 1 aromatic rings. The zero-order chi connectivity index (χ0) is 15.0. The summed E-state index contributed by atoms with van der Waals surface area (Å²) < 4.78 is 7.60. The molecule has 0 aromatic carbocycles. The Labute approximate surface area is 129 Å². The van der Waals surface area contributed by atoms with Crippen LogP contribution >= 0.6 is 11.6 Å². The van der Waals surface area contributed by atoms with Crippen molar-refractivity contribution < 1.29 is 4.74 Å². The third-order valence-electron chi connectivity index (χ3n) is 4.24. The fourth-order valence-corrected chi connectivity index (χ4v) is 3.04. The molecule has 3 rings (SSSR count). The first kappa shape index (κ1) is 15.0. The summed E-state index contributed by atoms with van der Waals surface area (Å²) in [4.78, 5) is 19.0. The first-order valence-corrected chi connectivity index (χ1v) is 8.05. The largest absolute Gasteiger partial charge is 0.374 e. The van der Waals surface area contributed by atoms with Crippen molar-refractivity contribution in [3.63, 3.8) is 0 Å². The van der Waals surface area contributed by atoms with Gasteiger partial charge in [0.05, 0.1) is 19.3 Å². The van der Waals surface area contributed by atoms with Crippen LogP contribution in [0.15, 0.2) is 10.9 Å². The smallest absolute Gasteiger partial charge is 0.255 e. The van der Waals surface area contributed by atoms with Crippen LogP contribution in [0.5, 0.6) is 0 Å². The van der Waals surface area contributed by atoms with E-state index >= 15 is 0 Å². The Hall–Kier alpha value is -0.910. The Bertz CT molecular complexity index is 569. The molecule has 0 radical (unpaired) electrons. The van der Waals surface area contributed by atoms with E-state index in [9.17, 15) is 4.79 Å². The van der Waals surface area contributed by atoms with Gasteiger partial charge in [-0.1, -0.05) is 11.6 Å². The molecule has 2 aliphatic rings. The van der Waals surface area contributed by atoms with Crippen LogP contribution in [0, 0.1) is 0 Å². The van der Waals surface area contributed by atoms with Crippen LogP contribution in [0.1, 0.15) is 38.4 Å². The lowest BCUT2D eigenvalue weighted by molar-refractivity contribution is -0.0464. The summed E-state index contributed by atoms with van der Waals surface area (Å²) in [6, 6.07) is 1.90. The number of hydrogen-bond donors (Lipinski definition) is 0. The molecule has 1 saturated heterocycles. The van der Waals surface area contributed by atoms with Gasteiger partial charge in [0.2, 0.25) is 0 Å². The normalized spacial score (nSPS) is 23.7. The van der Waals surface area contributed by atoms with Gasteiger partial charge in [-0.15, -0.1) is 0 Å². The van der Waals surface area contributed by atoms with Crippen LogP contribution in [-0.4, -0.2) is 46.3 Å². The minimum Gasteiger partial charge on any atom is -0.374 e. The molecule has 21 heavy (non-hydrogen) atoms. The van der Waals surface area contributed by atoms with Gasteiger partial charge in [-0.25, -0.2) is 4.98 Å². The van der Waals surface area contributed by atoms with Crippen LogP contribution in [0.4, 0.5) is 0 Å². The number of aromatic nitrogens is 2. The molecule has 1 saturated carbocycles. The average Bonchev–Trinajstić information content (AvgIpc) is 3.26. The van der Waals surface area contributed by atoms with Gasteiger partial charge in [0.1, 0.15) is 11.0 Å². The number of rotatable bonds is 4. The van der Waals surface area contributed by atoms with Crippen molar-refractivity contribution in [1.29, 1.82) is 0 Å².